The van der Waals surface area contributed by atoms with Gasteiger partial charge in [0.2, 0.25) is 0 Å². The van der Waals surface area contributed by atoms with Crippen molar-refractivity contribution in [2.75, 3.05) is 0 Å². The first-order valence-corrected chi connectivity index (χ1v) is 7.38. The number of Topliss-reactive ketones (excluding diaryl/α,β-unsaturated/α-hetero) is 1. The van der Waals surface area contributed by atoms with Crippen molar-refractivity contribution in [1.82, 2.24) is 14.5 Å². The van der Waals surface area contributed by atoms with E-state index in [0.717, 1.165) is 6.07 Å². The minimum atomic E-state index is -4.52. The molecule has 0 fully saturated rings. The molecule has 7 heteroatoms. The van der Waals surface area contributed by atoms with E-state index in [1.807, 2.05) is 6.92 Å². The van der Waals surface area contributed by atoms with Gasteiger partial charge < -0.3 is 0 Å². The molecular formula is C17H14F3N3O. The van der Waals surface area contributed by atoms with Crippen LogP contribution in [0.1, 0.15) is 35.7 Å². The number of pyridine rings is 1. The number of aryl methyl sites for hydroxylation is 1. The van der Waals surface area contributed by atoms with Gasteiger partial charge in [-0.05, 0) is 43.3 Å². The molecule has 0 aliphatic heterocycles. The molecule has 2 heterocycles. The van der Waals surface area contributed by atoms with Crippen molar-refractivity contribution >= 4 is 16.9 Å². The molecule has 0 amide bonds. The van der Waals surface area contributed by atoms with Crippen LogP contribution in [0, 0.1) is 0 Å². The van der Waals surface area contributed by atoms with Crippen molar-refractivity contribution in [3.05, 3.63) is 53.5 Å². The van der Waals surface area contributed by atoms with Crippen molar-refractivity contribution in [3.63, 3.8) is 0 Å². The van der Waals surface area contributed by atoms with Gasteiger partial charge in [0.1, 0.15) is 17.0 Å². The number of fused-ring (bicyclic) bond motifs is 1. The van der Waals surface area contributed by atoms with Crippen LogP contribution in [-0.4, -0.2) is 20.3 Å². The number of carbonyl (C=O) groups is 1. The number of carbonyl (C=O) groups excluding carboxylic acids is 1. The third-order valence-corrected chi connectivity index (χ3v) is 3.71. The normalized spacial score (nSPS) is 11.9. The molecule has 2 aromatic heterocycles. The molecule has 0 aliphatic carbocycles. The lowest BCUT2D eigenvalue weighted by Crippen LogP contribution is -2.09. The number of benzene rings is 1. The smallest absolute Gasteiger partial charge is 0.295 e. The van der Waals surface area contributed by atoms with Gasteiger partial charge in [-0.2, -0.15) is 13.2 Å². The first-order valence-electron chi connectivity index (χ1n) is 7.38. The van der Waals surface area contributed by atoms with E-state index in [2.05, 4.69) is 9.97 Å². The fraction of sp³-hybridized carbons (Fsp3) is 0.235. The Hall–Kier alpha value is -2.70. The van der Waals surface area contributed by atoms with Gasteiger partial charge in [-0.15, -0.1) is 0 Å². The van der Waals surface area contributed by atoms with Crippen molar-refractivity contribution in [3.8, 4) is 5.69 Å². The summed E-state index contributed by atoms with van der Waals surface area (Å²) in [6, 6.07) is 8.88. The molecule has 0 N–H and O–H groups in total. The van der Waals surface area contributed by atoms with E-state index in [9.17, 15) is 18.0 Å². The predicted molar refractivity (Wildman–Crippen MR) is 83.2 cm³/mol. The lowest BCUT2D eigenvalue weighted by Gasteiger charge is -2.10. The zero-order chi connectivity index (χ0) is 17.5. The van der Waals surface area contributed by atoms with Crippen LogP contribution in [0.15, 0.2) is 36.4 Å². The van der Waals surface area contributed by atoms with E-state index in [1.165, 1.54) is 13.0 Å². The first kappa shape index (κ1) is 16.2. The summed E-state index contributed by atoms with van der Waals surface area (Å²) in [7, 11) is 0. The quantitative estimate of drug-likeness (QED) is 0.675. The number of rotatable bonds is 3. The molecule has 3 aromatic rings. The number of hydrogen-bond donors (Lipinski definition) is 0. The third-order valence-electron chi connectivity index (χ3n) is 3.71. The highest BCUT2D eigenvalue weighted by Crippen LogP contribution is 2.30. The fourth-order valence-electron chi connectivity index (χ4n) is 2.52. The second-order valence-electron chi connectivity index (χ2n) is 5.36. The SMILES string of the molecule is CCc1nc2ccc(C(F)(F)F)nc2n1-c1ccc(C(C)=O)cc1. The Morgan fingerprint density at radius 3 is 2.29 bits per heavy atom. The summed E-state index contributed by atoms with van der Waals surface area (Å²) in [5.74, 6) is 0.526. The highest BCUT2D eigenvalue weighted by molar-refractivity contribution is 5.94. The fourth-order valence-corrected chi connectivity index (χ4v) is 2.52. The van der Waals surface area contributed by atoms with Crippen LogP contribution in [0.25, 0.3) is 16.9 Å². The van der Waals surface area contributed by atoms with Gasteiger partial charge in [0.25, 0.3) is 0 Å². The minimum Gasteiger partial charge on any atom is -0.295 e. The number of alkyl halides is 3. The summed E-state index contributed by atoms with van der Waals surface area (Å²) < 4.78 is 40.4. The van der Waals surface area contributed by atoms with Crippen LogP contribution in [-0.2, 0) is 12.6 Å². The lowest BCUT2D eigenvalue weighted by atomic mass is 10.1. The van der Waals surface area contributed by atoms with E-state index < -0.39 is 11.9 Å². The molecular weight excluding hydrogens is 319 g/mol. The van der Waals surface area contributed by atoms with Gasteiger partial charge in [-0.1, -0.05) is 6.92 Å². The number of aromatic nitrogens is 3. The number of ketones is 1. The minimum absolute atomic E-state index is 0.0785. The Morgan fingerprint density at radius 1 is 1.08 bits per heavy atom. The average Bonchev–Trinajstić information content (AvgIpc) is 2.91. The predicted octanol–water partition coefficient (Wildman–Crippen LogP) is 4.20. The molecule has 0 saturated heterocycles. The van der Waals surface area contributed by atoms with E-state index in [4.69, 9.17) is 0 Å². The van der Waals surface area contributed by atoms with Crippen molar-refractivity contribution < 1.29 is 18.0 Å². The monoisotopic (exact) mass is 333 g/mol. The molecule has 0 saturated carbocycles. The van der Waals surface area contributed by atoms with Crippen molar-refractivity contribution in [2.45, 2.75) is 26.4 Å². The Balaban J connectivity index is 2.22. The summed E-state index contributed by atoms with van der Waals surface area (Å²) >= 11 is 0. The van der Waals surface area contributed by atoms with Gasteiger partial charge in [0.05, 0.1) is 0 Å². The summed E-state index contributed by atoms with van der Waals surface area (Å²) in [6.07, 6.45) is -3.99. The second-order valence-corrected chi connectivity index (χ2v) is 5.36. The standard InChI is InChI=1S/C17H14F3N3O/c1-3-15-21-13-8-9-14(17(18,19)20)22-16(13)23(15)12-6-4-11(5-7-12)10(2)24/h4-9H,3H2,1-2H3. The molecule has 1 aromatic carbocycles. The third kappa shape index (κ3) is 2.77. The topological polar surface area (TPSA) is 47.8 Å². The van der Waals surface area contributed by atoms with Crippen molar-refractivity contribution in [1.29, 1.82) is 0 Å². The number of nitrogens with zero attached hydrogens (tertiary/aromatic N) is 3. The molecule has 0 unspecified atom stereocenters. The van der Waals surface area contributed by atoms with Crippen LogP contribution in [0.2, 0.25) is 0 Å². The van der Waals surface area contributed by atoms with Crippen LogP contribution in [0.4, 0.5) is 13.2 Å². The Labute approximate surface area is 136 Å². The second kappa shape index (κ2) is 5.74. The van der Waals surface area contributed by atoms with Gasteiger partial charge in [0.15, 0.2) is 11.4 Å². The molecule has 24 heavy (non-hydrogen) atoms. The van der Waals surface area contributed by atoms with Gasteiger partial charge >= 0.3 is 6.18 Å². The van der Waals surface area contributed by atoms with E-state index in [0.29, 0.717) is 29.0 Å². The van der Waals surface area contributed by atoms with Crippen LogP contribution < -0.4 is 0 Å². The Bertz CT molecular complexity index is 911. The molecule has 4 nitrogen and oxygen atoms in total. The van der Waals surface area contributed by atoms with Crippen molar-refractivity contribution in [2.24, 2.45) is 0 Å². The zero-order valence-corrected chi connectivity index (χ0v) is 13.1. The molecule has 3 rings (SSSR count). The molecule has 124 valence electrons. The Kier molecular flexibility index (Phi) is 3.87. The van der Waals surface area contributed by atoms with Crippen LogP contribution in [0.5, 0.6) is 0 Å². The summed E-state index contributed by atoms with van der Waals surface area (Å²) in [6.45, 7) is 3.32. The molecule has 0 aliphatic rings. The highest BCUT2D eigenvalue weighted by atomic mass is 19.4. The Morgan fingerprint density at radius 2 is 1.75 bits per heavy atom. The number of hydrogen-bond acceptors (Lipinski definition) is 3. The molecule has 0 atom stereocenters. The summed E-state index contributed by atoms with van der Waals surface area (Å²) in [5.41, 5.74) is 0.739. The van der Waals surface area contributed by atoms with Gasteiger partial charge in [0, 0.05) is 17.7 Å². The first-order chi connectivity index (χ1) is 11.3. The average molecular weight is 333 g/mol. The van der Waals surface area contributed by atoms with Crippen LogP contribution in [0.3, 0.4) is 0 Å². The zero-order valence-electron chi connectivity index (χ0n) is 13.1. The number of imidazole rings is 1. The molecule has 0 spiro atoms. The van der Waals surface area contributed by atoms with Crippen LogP contribution >= 0.6 is 0 Å². The summed E-state index contributed by atoms with van der Waals surface area (Å²) in [5, 5.41) is 0. The largest absolute Gasteiger partial charge is 0.433 e. The van der Waals surface area contributed by atoms with E-state index in [1.54, 1.807) is 28.8 Å². The maximum atomic E-state index is 13.0. The maximum absolute atomic E-state index is 13.0. The highest BCUT2D eigenvalue weighted by Gasteiger charge is 2.33. The van der Waals surface area contributed by atoms with E-state index in [-0.39, 0.29) is 11.4 Å². The summed E-state index contributed by atoms with van der Waals surface area (Å²) in [4.78, 5) is 19.5. The molecule has 0 radical (unpaired) electrons. The lowest BCUT2D eigenvalue weighted by molar-refractivity contribution is -0.141. The number of halogens is 3. The van der Waals surface area contributed by atoms with Gasteiger partial charge in [-0.25, -0.2) is 9.97 Å². The van der Waals surface area contributed by atoms with E-state index >= 15 is 0 Å². The van der Waals surface area contributed by atoms with Gasteiger partial charge in [-0.3, -0.25) is 9.36 Å². The molecule has 0 bridgehead atoms. The maximum Gasteiger partial charge on any atom is 0.433 e.